The molecule has 78 valence electrons. The molecule has 0 radical (unpaired) electrons. The second-order valence-corrected chi connectivity index (χ2v) is 5.26. The van der Waals surface area contributed by atoms with Gasteiger partial charge in [-0.1, -0.05) is 28.1 Å². The molecule has 0 unspecified atom stereocenters. The van der Waals surface area contributed by atoms with Crippen LogP contribution in [-0.2, 0) is 6.54 Å². The Morgan fingerprint density at radius 2 is 1.93 bits per heavy atom. The van der Waals surface area contributed by atoms with Gasteiger partial charge in [-0.25, -0.2) is 0 Å². The van der Waals surface area contributed by atoms with Gasteiger partial charge in [-0.05, 0) is 31.0 Å². The lowest BCUT2D eigenvalue weighted by molar-refractivity contribution is 0.349. The van der Waals surface area contributed by atoms with Crippen LogP contribution in [0.1, 0.15) is 5.56 Å². The molecule has 0 aliphatic carbocycles. The predicted octanol–water partition coefficient (Wildman–Crippen LogP) is 3.24. The van der Waals surface area contributed by atoms with E-state index in [9.17, 15) is 0 Å². The summed E-state index contributed by atoms with van der Waals surface area (Å²) >= 11 is 5.33. The van der Waals surface area contributed by atoms with Crippen molar-refractivity contribution in [2.24, 2.45) is 0 Å². The molecule has 1 aromatic rings. The molecule has 0 saturated carbocycles. The van der Waals surface area contributed by atoms with E-state index in [1.807, 2.05) is 11.8 Å². The van der Waals surface area contributed by atoms with Crippen LogP contribution in [0.25, 0.3) is 0 Å². The van der Waals surface area contributed by atoms with Gasteiger partial charge in [0.15, 0.2) is 0 Å². The fourth-order valence-corrected chi connectivity index (χ4v) is 1.99. The van der Waals surface area contributed by atoms with Crippen LogP contribution < -0.4 is 0 Å². The zero-order chi connectivity index (χ0) is 10.4. The van der Waals surface area contributed by atoms with Crippen molar-refractivity contribution in [3.63, 3.8) is 0 Å². The summed E-state index contributed by atoms with van der Waals surface area (Å²) < 4.78 is 1.15. The van der Waals surface area contributed by atoms with Crippen molar-refractivity contribution >= 4 is 27.7 Å². The monoisotopic (exact) mass is 273 g/mol. The molecule has 0 aliphatic rings. The van der Waals surface area contributed by atoms with Crippen molar-refractivity contribution in [2.75, 3.05) is 25.6 Å². The van der Waals surface area contributed by atoms with Gasteiger partial charge in [0.2, 0.25) is 0 Å². The topological polar surface area (TPSA) is 3.24 Å². The molecule has 0 heterocycles. The lowest BCUT2D eigenvalue weighted by Gasteiger charge is -2.15. The van der Waals surface area contributed by atoms with E-state index >= 15 is 0 Å². The fourth-order valence-electron chi connectivity index (χ4n) is 1.23. The molecule has 14 heavy (non-hydrogen) atoms. The number of hydrogen-bond donors (Lipinski definition) is 0. The van der Waals surface area contributed by atoms with E-state index in [2.05, 4.69) is 58.4 Å². The van der Waals surface area contributed by atoms with Crippen LogP contribution in [0.2, 0.25) is 0 Å². The summed E-state index contributed by atoms with van der Waals surface area (Å²) in [5, 5.41) is 0. The standard InChI is InChI=1S/C11H16BrNS/c1-13(7-8-14-2)9-10-3-5-11(12)6-4-10/h3-6H,7-9H2,1-2H3. The number of thioether (sulfide) groups is 1. The Balaban J connectivity index is 2.39. The molecular weight excluding hydrogens is 258 g/mol. The zero-order valence-corrected chi connectivity index (χ0v) is 11.1. The summed E-state index contributed by atoms with van der Waals surface area (Å²) in [6.45, 7) is 2.19. The Hall–Kier alpha value is 0.01000. The van der Waals surface area contributed by atoms with E-state index in [4.69, 9.17) is 0 Å². The molecule has 0 amide bonds. The van der Waals surface area contributed by atoms with Crippen molar-refractivity contribution in [2.45, 2.75) is 6.54 Å². The van der Waals surface area contributed by atoms with Gasteiger partial charge < -0.3 is 4.90 Å². The highest BCUT2D eigenvalue weighted by molar-refractivity contribution is 9.10. The molecule has 0 atom stereocenters. The Morgan fingerprint density at radius 3 is 2.50 bits per heavy atom. The molecule has 0 aliphatic heterocycles. The van der Waals surface area contributed by atoms with Crippen LogP contribution >= 0.6 is 27.7 Å². The summed E-state index contributed by atoms with van der Waals surface area (Å²) in [7, 11) is 2.16. The van der Waals surface area contributed by atoms with Crippen LogP contribution in [0.15, 0.2) is 28.7 Å². The van der Waals surface area contributed by atoms with Crippen molar-refractivity contribution < 1.29 is 0 Å². The van der Waals surface area contributed by atoms with Gasteiger partial charge in [-0.2, -0.15) is 11.8 Å². The Kier molecular flexibility index (Phi) is 5.60. The highest BCUT2D eigenvalue weighted by atomic mass is 79.9. The molecule has 0 saturated heterocycles. The van der Waals surface area contributed by atoms with Crippen molar-refractivity contribution in [3.8, 4) is 0 Å². The Bertz CT molecular complexity index is 260. The highest BCUT2D eigenvalue weighted by Gasteiger charge is 1.99. The van der Waals surface area contributed by atoms with Gasteiger partial charge in [0.25, 0.3) is 0 Å². The highest BCUT2D eigenvalue weighted by Crippen LogP contribution is 2.11. The van der Waals surface area contributed by atoms with E-state index in [0.29, 0.717) is 0 Å². The number of halogens is 1. The van der Waals surface area contributed by atoms with Crippen LogP contribution in [0.3, 0.4) is 0 Å². The van der Waals surface area contributed by atoms with Gasteiger partial charge in [0.1, 0.15) is 0 Å². The first-order valence-corrected chi connectivity index (χ1v) is 6.83. The maximum absolute atomic E-state index is 3.44. The molecule has 1 rings (SSSR count). The van der Waals surface area contributed by atoms with Crippen LogP contribution in [-0.4, -0.2) is 30.5 Å². The van der Waals surface area contributed by atoms with Crippen LogP contribution in [0, 0.1) is 0 Å². The summed E-state index contributed by atoms with van der Waals surface area (Å²) in [6.07, 6.45) is 2.15. The maximum Gasteiger partial charge on any atom is 0.0231 e. The number of nitrogens with zero attached hydrogens (tertiary/aromatic N) is 1. The third kappa shape index (κ3) is 4.49. The second-order valence-electron chi connectivity index (χ2n) is 3.36. The molecule has 1 nitrogen and oxygen atoms in total. The minimum Gasteiger partial charge on any atom is -0.301 e. The van der Waals surface area contributed by atoms with Gasteiger partial charge in [0, 0.05) is 23.3 Å². The van der Waals surface area contributed by atoms with Gasteiger partial charge in [-0.15, -0.1) is 0 Å². The van der Waals surface area contributed by atoms with E-state index in [1.165, 1.54) is 11.3 Å². The first-order chi connectivity index (χ1) is 6.72. The summed E-state index contributed by atoms with van der Waals surface area (Å²) in [4.78, 5) is 2.35. The van der Waals surface area contributed by atoms with Gasteiger partial charge in [-0.3, -0.25) is 0 Å². The van der Waals surface area contributed by atoms with Gasteiger partial charge >= 0.3 is 0 Å². The first-order valence-electron chi connectivity index (χ1n) is 4.64. The van der Waals surface area contributed by atoms with Crippen molar-refractivity contribution in [3.05, 3.63) is 34.3 Å². The quantitative estimate of drug-likeness (QED) is 0.811. The Morgan fingerprint density at radius 1 is 1.29 bits per heavy atom. The second kappa shape index (κ2) is 6.49. The SMILES string of the molecule is CSCCN(C)Cc1ccc(Br)cc1. The largest absolute Gasteiger partial charge is 0.301 e. The van der Waals surface area contributed by atoms with E-state index < -0.39 is 0 Å². The van der Waals surface area contributed by atoms with Crippen LogP contribution in [0.5, 0.6) is 0 Å². The maximum atomic E-state index is 3.44. The lowest BCUT2D eigenvalue weighted by Crippen LogP contribution is -2.20. The minimum absolute atomic E-state index is 1.04. The summed E-state index contributed by atoms with van der Waals surface area (Å²) in [5.74, 6) is 1.20. The van der Waals surface area contributed by atoms with Gasteiger partial charge in [0.05, 0.1) is 0 Å². The molecule has 0 N–H and O–H groups in total. The average molecular weight is 274 g/mol. The number of hydrogen-bond acceptors (Lipinski definition) is 2. The smallest absolute Gasteiger partial charge is 0.0231 e. The molecule has 1 aromatic carbocycles. The lowest BCUT2D eigenvalue weighted by atomic mass is 10.2. The third-order valence-electron chi connectivity index (χ3n) is 2.04. The molecule has 0 spiro atoms. The number of benzene rings is 1. The normalized spacial score (nSPS) is 10.9. The molecule has 0 fully saturated rings. The Labute approximate surface area is 99.0 Å². The van der Waals surface area contributed by atoms with E-state index in [0.717, 1.165) is 17.6 Å². The van der Waals surface area contributed by atoms with Crippen molar-refractivity contribution in [1.82, 2.24) is 4.90 Å². The molecule has 0 aromatic heterocycles. The molecule has 3 heteroatoms. The predicted molar refractivity (Wildman–Crippen MR) is 68.9 cm³/mol. The summed E-state index contributed by atoms with van der Waals surface area (Å²) in [5.41, 5.74) is 1.37. The van der Waals surface area contributed by atoms with Crippen molar-refractivity contribution in [1.29, 1.82) is 0 Å². The van der Waals surface area contributed by atoms with Crippen LogP contribution in [0.4, 0.5) is 0 Å². The first kappa shape index (κ1) is 12.1. The average Bonchev–Trinajstić information content (AvgIpc) is 2.18. The van der Waals surface area contributed by atoms with E-state index in [-0.39, 0.29) is 0 Å². The zero-order valence-electron chi connectivity index (χ0n) is 8.66. The molecular formula is C11H16BrNS. The number of rotatable bonds is 5. The minimum atomic E-state index is 1.04. The van der Waals surface area contributed by atoms with E-state index in [1.54, 1.807) is 0 Å². The molecule has 0 bridgehead atoms. The third-order valence-corrected chi connectivity index (χ3v) is 3.16. The summed E-state index contributed by atoms with van der Waals surface area (Å²) in [6, 6.07) is 8.52. The fraction of sp³-hybridized carbons (Fsp3) is 0.455.